The maximum Gasteiger partial charge on any atom is 0.161 e. The molecule has 27 heavy (non-hydrogen) atoms. The van der Waals surface area contributed by atoms with Crippen molar-refractivity contribution in [2.45, 2.75) is 12.2 Å². The summed E-state index contributed by atoms with van der Waals surface area (Å²) < 4.78 is 16.1. The van der Waals surface area contributed by atoms with Gasteiger partial charge in [0.2, 0.25) is 0 Å². The Bertz CT molecular complexity index is 773. The van der Waals surface area contributed by atoms with Gasteiger partial charge in [-0.05, 0) is 35.4 Å². The molecular weight excluding hydrogens is 352 g/mol. The highest BCUT2D eigenvalue weighted by Crippen LogP contribution is 2.34. The molecule has 2 aromatic carbocycles. The monoisotopic (exact) mass is 376 g/mol. The zero-order valence-corrected chi connectivity index (χ0v) is 15.2. The summed E-state index contributed by atoms with van der Waals surface area (Å²) in [6.45, 7) is -0.519. The van der Waals surface area contributed by atoms with Crippen molar-refractivity contribution in [1.29, 1.82) is 0 Å². The van der Waals surface area contributed by atoms with Gasteiger partial charge in [0.1, 0.15) is 6.10 Å². The molecule has 0 saturated heterocycles. The normalized spacial score (nSPS) is 13.4. The molecule has 0 aromatic heterocycles. The number of hydrogen-bond acceptors (Lipinski definition) is 7. The fraction of sp³-hybridized carbons (Fsp3) is 0.300. The Labute approximate surface area is 157 Å². The molecule has 0 aliphatic heterocycles. The Kier molecular flexibility index (Phi) is 7.48. The van der Waals surface area contributed by atoms with Crippen LogP contribution in [-0.2, 0) is 0 Å². The van der Waals surface area contributed by atoms with Crippen LogP contribution in [0.15, 0.2) is 42.5 Å². The van der Waals surface area contributed by atoms with Crippen LogP contribution < -0.4 is 14.2 Å². The van der Waals surface area contributed by atoms with Crippen molar-refractivity contribution in [1.82, 2.24) is 0 Å². The number of aliphatic hydroxyl groups is 3. The lowest BCUT2D eigenvalue weighted by Gasteiger charge is -2.24. The van der Waals surface area contributed by atoms with Crippen LogP contribution in [0.25, 0.3) is 6.08 Å². The Balaban J connectivity index is 2.24. The van der Waals surface area contributed by atoms with E-state index in [1.165, 1.54) is 32.4 Å². The molecular formula is C20H24O7. The molecule has 0 aliphatic carbocycles. The van der Waals surface area contributed by atoms with Crippen molar-refractivity contribution in [3.63, 3.8) is 0 Å². The van der Waals surface area contributed by atoms with Gasteiger partial charge in [-0.1, -0.05) is 24.3 Å². The summed E-state index contributed by atoms with van der Waals surface area (Å²) in [6.07, 6.45) is 1.19. The third-order valence-electron chi connectivity index (χ3n) is 3.96. The van der Waals surface area contributed by atoms with Gasteiger partial charge in [-0.15, -0.1) is 0 Å². The molecule has 7 heteroatoms. The molecule has 2 rings (SSSR count). The maximum atomic E-state index is 10.6. The first kappa shape index (κ1) is 20.6. The number of benzene rings is 2. The second-order valence-electron chi connectivity index (χ2n) is 5.71. The van der Waals surface area contributed by atoms with Gasteiger partial charge in [0.25, 0.3) is 0 Å². The van der Waals surface area contributed by atoms with E-state index in [2.05, 4.69) is 0 Å². The van der Waals surface area contributed by atoms with Gasteiger partial charge in [-0.25, -0.2) is 0 Å². The molecule has 0 spiro atoms. The predicted octanol–water partition coefficient (Wildman–Crippen LogP) is 1.89. The number of phenolic OH excluding ortho intramolecular Hbond substituents is 1. The van der Waals surface area contributed by atoms with Gasteiger partial charge in [0.05, 0.1) is 27.4 Å². The molecule has 0 radical (unpaired) electrons. The van der Waals surface area contributed by atoms with E-state index < -0.39 is 18.8 Å². The lowest BCUT2D eigenvalue weighted by atomic mass is 10.0. The van der Waals surface area contributed by atoms with Crippen molar-refractivity contribution < 1.29 is 34.6 Å². The molecule has 2 unspecified atom stereocenters. The smallest absolute Gasteiger partial charge is 0.161 e. The number of aromatic hydroxyl groups is 1. The highest BCUT2D eigenvalue weighted by molar-refractivity contribution is 5.56. The molecule has 0 saturated carbocycles. The molecule has 0 fully saturated rings. The molecule has 0 aliphatic rings. The van der Waals surface area contributed by atoms with Crippen LogP contribution in [0, 0.1) is 0 Å². The number of hydrogen-bond donors (Lipinski definition) is 4. The molecule has 146 valence electrons. The van der Waals surface area contributed by atoms with Crippen LogP contribution in [0.3, 0.4) is 0 Å². The van der Waals surface area contributed by atoms with Crippen LogP contribution in [0.5, 0.6) is 23.0 Å². The molecule has 7 nitrogen and oxygen atoms in total. The zero-order chi connectivity index (χ0) is 19.8. The zero-order valence-electron chi connectivity index (χ0n) is 15.2. The summed E-state index contributed by atoms with van der Waals surface area (Å²) in [6, 6.07) is 9.53. The Morgan fingerprint density at radius 1 is 0.963 bits per heavy atom. The topological polar surface area (TPSA) is 109 Å². The van der Waals surface area contributed by atoms with Gasteiger partial charge in [-0.3, -0.25) is 0 Å². The van der Waals surface area contributed by atoms with Gasteiger partial charge < -0.3 is 34.6 Å². The highest BCUT2D eigenvalue weighted by Gasteiger charge is 2.24. The molecule has 0 heterocycles. The van der Waals surface area contributed by atoms with E-state index in [-0.39, 0.29) is 18.1 Å². The van der Waals surface area contributed by atoms with E-state index in [0.717, 1.165) is 5.56 Å². The lowest BCUT2D eigenvalue weighted by molar-refractivity contribution is -0.000515. The molecule has 0 bridgehead atoms. The average Bonchev–Trinajstić information content (AvgIpc) is 2.70. The van der Waals surface area contributed by atoms with Crippen molar-refractivity contribution in [3.8, 4) is 23.0 Å². The number of ether oxygens (including phenoxy) is 3. The fourth-order valence-electron chi connectivity index (χ4n) is 2.53. The summed E-state index contributed by atoms with van der Waals surface area (Å²) >= 11 is 0. The SMILES string of the molecule is COc1cc(C(O)C(CO)Oc2ccc(/C=C\CO)cc2OC)ccc1O. The number of aliphatic hydroxyl groups excluding tert-OH is 3. The minimum atomic E-state index is -1.16. The second-order valence-corrected chi connectivity index (χ2v) is 5.71. The van der Waals surface area contributed by atoms with Crippen LogP contribution >= 0.6 is 0 Å². The van der Waals surface area contributed by atoms with Gasteiger partial charge in [-0.2, -0.15) is 0 Å². The average molecular weight is 376 g/mol. The van der Waals surface area contributed by atoms with E-state index in [4.69, 9.17) is 19.3 Å². The first-order valence-electron chi connectivity index (χ1n) is 8.32. The maximum absolute atomic E-state index is 10.6. The van der Waals surface area contributed by atoms with E-state index in [1.807, 2.05) is 0 Å². The largest absolute Gasteiger partial charge is 0.504 e. The molecule has 4 N–H and O–H groups in total. The Morgan fingerprint density at radius 2 is 1.70 bits per heavy atom. The van der Waals surface area contributed by atoms with Gasteiger partial charge >= 0.3 is 0 Å². The van der Waals surface area contributed by atoms with Crippen LogP contribution in [0.4, 0.5) is 0 Å². The Hall–Kier alpha value is -2.74. The van der Waals surface area contributed by atoms with E-state index in [1.54, 1.807) is 30.4 Å². The molecule has 0 amide bonds. The summed E-state index contributed by atoms with van der Waals surface area (Å²) in [5.74, 6) is 0.926. The first-order chi connectivity index (χ1) is 13.0. The van der Waals surface area contributed by atoms with E-state index in [0.29, 0.717) is 17.1 Å². The van der Waals surface area contributed by atoms with E-state index in [9.17, 15) is 15.3 Å². The van der Waals surface area contributed by atoms with E-state index >= 15 is 0 Å². The van der Waals surface area contributed by atoms with Crippen molar-refractivity contribution in [3.05, 3.63) is 53.6 Å². The Morgan fingerprint density at radius 3 is 2.33 bits per heavy atom. The van der Waals surface area contributed by atoms with Crippen LogP contribution in [0.1, 0.15) is 17.2 Å². The van der Waals surface area contributed by atoms with Gasteiger partial charge in [0, 0.05) is 0 Å². The van der Waals surface area contributed by atoms with Gasteiger partial charge in [0.15, 0.2) is 29.1 Å². The van der Waals surface area contributed by atoms with Crippen molar-refractivity contribution in [2.75, 3.05) is 27.4 Å². The standard InChI is InChI=1S/C20H24O7/c1-25-17-11-14(6-7-15(17)23)20(24)19(12-22)27-16-8-5-13(4-3-9-21)10-18(16)26-2/h3-8,10-11,19-24H,9,12H2,1-2H3/b4-3-. The number of rotatable bonds is 9. The third-order valence-corrected chi connectivity index (χ3v) is 3.96. The van der Waals surface area contributed by atoms with Crippen LogP contribution in [-0.4, -0.2) is 54.0 Å². The first-order valence-corrected chi connectivity index (χ1v) is 8.32. The summed E-state index contributed by atoms with van der Waals surface area (Å²) in [5, 5.41) is 38.8. The van der Waals surface area contributed by atoms with Crippen LogP contribution in [0.2, 0.25) is 0 Å². The lowest BCUT2D eigenvalue weighted by Crippen LogP contribution is -2.29. The minimum absolute atomic E-state index is 0.0527. The number of methoxy groups -OCH3 is 2. The fourth-order valence-corrected chi connectivity index (χ4v) is 2.53. The quantitative estimate of drug-likeness (QED) is 0.529. The van der Waals surface area contributed by atoms with Crippen molar-refractivity contribution in [2.24, 2.45) is 0 Å². The molecule has 2 atom stereocenters. The summed E-state index contributed by atoms with van der Waals surface area (Å²) in [5.41, 5.74) is 1.22. The summed E-state index contributed by atoms with van der Waals surface area (Å²) in [4.78, 5) is 0. The number of phenols is 1. The predicted molar refractivity (Wildman–Crippen MR) is 100 cm³/mol. The van der Waals surface area contributed by atoms with Crippen molar-refractivity contribution >= 4 is 6.08 Å². The third kappa shape index (κ3) is 5.13. The molecule has 2 aromatic rings. The second kappa shape index (κ2) is 9.82. The highest BCUT2D eigenvalue weighted by atomic mass is 16.5. The minimum Gasteiger partial charge on any atom is -0.504 e. The summed E-state index contributed by atoms with van der Waals surface area (Å²) in [7, 11) is 2.89.